The number of aliphatic hydroxyl groups excluding tert-OH is 1. The molecule has 1 aromatic carbocycles. The first-order valence-corrected chi connectivity index (χ1v) is 28.4. The zero-order valence-corrected chi connectivity index (χ0v) is 47.2. The highest BCUT2D eigenvalue weighted by Crippen LogP contribution is 2.38. The van der Waals surface area contributed by atoms with E-state index in [-0.39, 0.29) is 62.4 Å². The van der Waals surface area contributed by atoms with E-state index in [0.717, 1.165) is 25.7 Å². The maximum absolute atomic E-state index is 14.2. The molecule has 23 nitrogen and oxygen atoms in total. The van der Waals surface area contributed by atoms with Crippen molar-refractivity contribution in [3.63, 3.8) is 0 Å². The lowest BCUT2D eigenvalue weighted by molar-refractivity contribution is -0.139. The van der Waals surface area contributed by atoms with Gasteiger partial charge in [0.2, 0.25) is 41.4 Å². The molecule has 430 valence electrons. The number of nitrogens with zero attached hydrogens (tertiary/aromatic N) is 2. The Morgan fingerprint density at radius 3 is 2.05 bits per heavy atom. The van der Waals surface area contributed by atoms with E-state index in [9.17, 15) is 53.0 Å². The van der Waals surface area contributed by atoms with Crippen molar-refractivity contribution >= 4 is 61.6 Å². The molecule has 2 rings (SSSR count). The molecule has 6 atom stereocenters. The second kappa shape index (κ2) is 34.1. The highest BCUT2D eigenvalue weighted by atomic mass is 32.1. The van der Waals surface area contributed by atoms with Gasteiger partial charge in [0.05, 0.1) is 62.5 Å². The SMILES string of the molecule is CC(C)CC(NC(=O)CN(CCCCCCc1ccccc1)C(=O)CCOC(C)(C)CCOC(C)(C)CCNC(=O)C(N)CS)C(=O)NC(Cc1cnc[nH]1)C(=O)NC(CO)C(=O)NC(CC(N)=O)C(C)CP(=O)(O)O. The van der Waals surface area contributed by atoms with E-state index in [4.69, 9.17) is 20.9 Å². The lowest BCUT2D eigenvalue weighted by atomic mass is 9.99. The first kappa shape index (κ1) is 67.2. The number of hydrogen-bond donors (Lipinski definition) is 12. The highest BCUT2D eigenvalue weighted by molar-refractivity contribution is 7.80. The van der Waals surface area contributed by atoms with Gasteiger partial charge >= 0.3 is 7.60 Å². The van der Waals surface area contributed by atoms with Crippen LogP contribution in [0.15, 0.2) is 42.9 Å². The normalized spacial score (nSPS) is 14.4. The third-order valence-corrected chi connectivity index (χ3v) is 13.9. The lowest BCUT2D eigenvalue weighted by Gasteiger charge is -2.30. The predicted molar refractivity (Wildman–Crippen MR) is 290 cm³/mol. The third kappa shape index (κ3) is 28.4. The van der Waals surface area contributed by atoms with Crippen molar-refractivity contribution in [2.75, 3.05) is 51.4 Å². The smallest absolute Gasteiger partial charge is 0.325 e. The van der Waals surface area contributed by atoms with E-state index in [2.05, 4.69) is 61.3 Å². The van der Waals surface area contributed by atoms with Gasteiger partial charge in [-0.2, -0.15) is 12.6 Å². The van der Waals surface area contributed by atoms with Gasteiger partial charge in [-0.1, -0.05) is 63.9 Å². The van der Waals surface area contributed by atoms with Crippen molar-refractivity contribution in [2.24, 2.45) is 23.3 Å². The number of aryl methyl sites for hydroxylation is 1. The van der Waals surface area contributed by atoms with Crippen LogP contribution in [0, 0.1) is 11.8 Å². The molecule has 1 heterocycles. The van der Waals surface area contributed by atoms with E-state index in [1.54, 1.807) is 0 Å². The zero-order valence-electron chi connectivity index (χ0n) is 45.4. The van der Waals surface area contributed by atoms with Crippen LogP contribution in [0.4, 0.5) is 0 Å². The second-order valence-electron chi connectivity index (χ2n) is 21.0. The number of thiol groups is 1. The molecule has 25 heteroatoms. The minimum absolute atomic E-state index is 0.0312. The number of unbranched alkanes of at least 4 members (excludes halogenated alkanes) is 3. The minimum atomic E-state index is -4.58. The number of primary amides is 1. The average molecular weight is 1110 g/mol. The summed E-state index contributed by atoms with van der Waals surface area (Å²) in [5.74, 6) is -5.61. The third-order valence-electron chi connectivity index (χ3n) is 12.5. The molecule has 1 aromatic heterocycles. The number of carbonyl (C=O) groups is 7. The van der Waals surface area contributed by atoms with Crippen LogP contribution >= 0.6 is 20.2 Å². The number of amides is 7. The molecule has 13 N–H and O–H groups in total. The van der Waals surface area contributed by atoms with Crippen LogP contribution in [0.3, 0.4) is 0 Å². The molecule has 0 bridgehead atoms. The molecule has 76 heavy (non-hydrogen) atoms. The Morgan fingerprint density at radius 2 is 1.45 bits per heavy atom. The second-order valence-corrected chi connectivity index (χ2v) is 23.0. The van der Waals surface area contributed by atoms with Gasteiger partial charge in [-0.05, 0) is 83.6 Å². The molecule has 2 aromatic rings. The average Bonchev–Trinajstić information content (AvgIpc) is 3.85. The van der Waals surface area contributed by atoms with Crippen molar-refractivity contribution in [1.82, 2.24) is 41.5 Å². The molecule has 0 aliphatic rings. The van der Waals surface area contributed by atoms with Crippen molar-refractivity contribution < 1.29 is 62.5 Å². The molecule has 6 unspecified atom stereocenters. The number of carbonyl (C=O) groups excluding carboxylic acids is 7. The fraction of sp³-hybridized carbons (Fsp3) is 0.686. The van der Waals surface area contributed by atoms with Crippen LogP contribution < -0.4 is 38.1 Å². The fourth-order valence-electron chi connectivity index (χ4n) is 7.99. The summed E-state index contributed by atoms with van der Waals surface area (Å²) in [5.41, 5.74) is 11.5. The number of aromatic nitrogens is 2. The van der Waals surface area contributed by atoms with Crippen LogP contribution in [0.1, 0.15) is 118 Å². The molecule has 0 fully saturated rings. The molecular formula is C51H87N10O13PS. The standard InChI is InChI=1S/C51H87N10O13PS/c1-34(2)25-40(47(67)59-41(26-37-28-54-33-56-37)48(68)60-42(30-62)49(69)58-39(27-43(53)63)35(3)31-75(70,71)72)57-44(64)29-61(22-14-9-8-11-15-36-16-12-10-13-17-36)45(65)18-23-73-51(6,7)20-24-74-50(4,5)19-21-55-46(66)38(52)32-76/h10,12-13,16-17,28,33-35,38-42,62,76H,8-9,11,14-15,18-27,29-32,52H2,1-7H3,(H2,53,63)(H,54,56)(H,55,66)(H,57,64)(H,58,69)(H,59,67)(H,60,68)(H2,70,71,72). The van der Waals surface area contributed by atoms with E-state index in [1.165, 1.54) is 29.9 Å². The maximum atomic E-state index is 14.2. The van der Waals surface area contributed by atoms with Crippen LogP contribution in [-0.4, -0.2) is 164 Å². The Kier molecular flexibility index (Phi) is 30.1. The summed E-state index contributed by atoms with van der Waals surface area (Å²) in [6.45, 7) is 12.4. The number of nitrogens with one attached hydrogen (secondary N) is 6. The van der Waals surface area contributed by atoms with Gasteiger partial charge in [-0.3, -0.25) is 38.1 Å². The summed E-state index contributed by atoms with van der Waals surface area (Å²) in [7, 11) is -4.58. The summed E-state index contributed by atoms with van der Waals surface area (Å²) in [4.78, 5) is 120. The molecule has 0 aliphatic carbocycles. The summed E-state index contributed by atoms with van der Waals surface area (Å²) in [6, 6.07) is 4.03. The Hall–Kier alpha value is -4.94. The molecule has 0 saturated heterocycles. The van der Waals surface area contributed by atoms with E-state index < -0.39 is 104 Å². The molecule has 0 aliphatic heterocycles. The van der Waals surface area contributed by atoms with Gasteiger partial charge in [-0.25, -0.2) is 4.98 Å². The van der Waals surface area contributed by atoms with Crippen molar-refractivity contribution in [1.29, 1.82) is 0 Å². The maximum Gasteiger partial charge on any atom is 0.325 e. The number of H-pyrrole nitrogens is 1. The number of ether oxygens (including phenoxy) is 2. The zero-order chi connectivity index (χ0) is 57.1. The summed E-state index contributed by atoms with van der Waals surface area (Å²) >= 11 is 4.06. The number of imidazole rings is 1. The Balaban J connectivity index is 2.20. The lowest BCUT2D eigenvalue weighted by Crippen LogP contribution is -2.59. The van der Waals surface area contributed by atoms with Gasteiger partial charge in [0.25, 0.3) is 0 Å². The van der Waals surface area contributed by atoms with Crippen LogP contribution in [-0.2, 0) is 60.4 Å². The quantitative estimate of drug-likeness (QED) is 0.0256. The number of hydrogen-bond acceptors (Lipinski definition) is 14. The Bertz CT molecular complexity index is 2150. The number of aromatic amines is 1. The van der Waals surface area contributed by atoms with E-state index >= 15 is 0 Å². The van der Waals surface area contributed by atoms with Gasteiger partial charge in [0.15, 0.2) is 0 Å². The molecule has 0 spiro atoms. The topological polar surface area (TPSA) is 360 Å². The van der Waals surface area contributed by atoms with Crippen LogP contribution in [0.2, 0.25) is 0 Å². The highest BCUT2D eigenvalue weighted by Gasteiger charge is 2.34. The van der Waals surface area contributed by atoms with Crippen molar-refractivity contribution in [2.45, 2.75) is 161 Å². The van der Waals surface area contributed by atoms with Crippen LogP contribution in [0.5, 0.6) is 0 Å². The van der Waals surface area contributed by atoms with Gasteiger partial charge in [0.1, 0.15) is 18.1 Å². The fourth-order valence-corrected chi connectivity index (χ4v) is 9.16. The number of aliphatic hydroxyl groups is 1. The summed E-state index contributed by atoms with van der Waals surface area (Å²) in [6.07, 6.45) is 6.73. The molecular weight excluding hydrogens is 1020 g/mol. The monoisotopic (exact) mass is 1110 g/mol. The molecule has 7 amide bonds. The first-order valence-electron chi connectivity index (χ1n) is 26.0. The van der Waals surface area contributed by atoms with Gasteiger partial charge < -0.3 is 72.3 Å². The predicted octanol–water partition coefficient (Wildman–Crippen LogP) is 1.38. The largest absolute Gasteiger partial charge is 0.394 e. The van der Waals surface area contributed by atoms with Gasteiger partial charge in [-0.15, -0.1) is 0 Å². The van der Waals surface area contributed by atoms with Gasteiger partial charge in [0, 0.05) is 49.6 Å². The number of benzene rings is 1. The van der Waals surface area contributed by atoms with Crippen LogP contribution in [0.25, 0.3) is 0 Å². The van der Waals surface area contributed by atoms with E-state index in [1.807, 2.05) is 59.7 Å². The minimum Gasteiger partial charge on any atom is -0.394 e. The molecule has 0 saturated carbocycles. The Labute approximate surface area is 453 Å². The van der Waals surface area contributed by atoms with Crippen molar-refractivity contribution in [3.8, 4) is 0 Å². The molecule has 0 radical (unpaired) electrons. The number of rotatable bonds is 39. The van der Waals surface area contributed by atoms with Crippen molar-refractivity contribution in [3.05, 3.63) is 54.1 Å². The Morgan fingerprint density at radius 1 is 0.829 bits per heavy atom. The van der Waals surface area contributed by atoms with E-state index in [0.29, 0.717) is 38.1 Å². The number of nitrogens with two attached hydrogens (primary N) is 2. The summed E-state index contributed by atoms with van der Waals surface area (Å²) in [5, 5.41) is 23.3. The summed E-state index contributed by atoms with van der Waals surface area (Å²) < 4.78 is 24.0. The first-order chi connectivity index (χ1) is 35.6.